The van der Waals surface area contributed by atoms with Gasteiger partial charge in [0.1, 0.15) is 0 Å². The van der Waals surface area contributed by atoms with E-state index in [1.54, 1.807) is 11.8 Å². The van der Waals surface area contributed by atoms with Crippen molar-refractivity contribution in [2.45, 2.75) is 13.3 Å². The van der Waals surface area contributed by atoms with Crippen molar-refractivity contribution in [3.63, 3.8) is 0 Å². The molecule has 0 N–H and O–H groups in total. The summed E-state index contributed by atoms with van der Waals surface area (Å²) in [6.45, 7) is 1.55. The van der Waals surface area contributed by atoms with Gasteiger partial charge in [0.15, 0.2) is 5.43 Å². The van der Waals surface area contributed by atoms with Crippen LogP contribution in [0.3, 0.4) is 0 Å². The maximum Gasteiger partial charge on any atom is 0.228 e. The number of carbonyl (C=O) groups is 1. The number of hydrogen-bond donors (Lipinski definition) is 0. The minimum absolute atomic E-state index is 0.0137. The molecule has 5 rings (SSSR count). The minimum atomic E-state index is -0.0768. The van der Waals surface area contributed by atoms with Crippen LogP contribution < -0.4 is 10.3 Å². The standard InChI is InChI=1S/C24H18N2O2/c1-16(27)26-21-12-6-5-11-20(21)25-15-18(14-17-8-3-2-4-9-17)24(28)19-10-7-13-22(26)23(19)25/h2-13,15H,14H2,1H3. The number of rotatable bonds is 2. The zero-order chi connectivity index (χ0) is 19.3. The molecule has 0 aliphatic carbocycles. The van der Waals surface area contributed by atoms with Gasteiger partial charge in [0.05, 0.1) is 22.6 Å². The van der Waals surface area contributed by atoms with Gasteiger partial charge in [-0.2, -0.15) is 0 Å². The lowest BCUT2D eigenvalue weighted by atomic mass is 10.0. The molecule has 2 heterocycles. The Balaban J connectivity index is 1.84. The van der Waals surface area contributed by atoms with E-state index in [0.29, 0.717) is 11.8 Å². The van der Waals surface area contributed by atoms with E-state index in [1.807, 2.05) is 79.0 Å². The number of nitrogens with zero attached hydrogens (tertiary/aromatic N) is 2. The molecule has 3 aromatic carbocycles. The fraction of sp³-hybridized carbons (Fsp3) is 0.0833. The molecule has 0 fully saturated rings. The summed E-state index contributed by atoms with van der Waals surface area (Å²) in [6.07, 6.45) is 2.50. The lowest BCUT2D eigenvalue weighted by Gasteiger charge is -2.32. The number of amides is 1. The van der Waals surface area contributed by atoms with Gasteiger partial charge in [-0.05, 0) is 29.8 Å². The highest BCUT2D eigenvalue weighted by atomic mass is 16.2. The number of pyridine rings is 1. The van der Waals surface area contributed by atoms with Crippen LogP contribution in [0.15, 0.2) is 83.8 Å². The first kappa shape index (κ1) is 16.5. The number of carbonyl (C=O) groups excluding carboxylic acids is 1. The molecule has 28 heavy (non-hydrogen) atoms. The smallest absolute Gasteiger partial charge is 0.228 e. The van der Waals surface area contributed by atoms with E-state index < -0.39 is 0 Å². The molecule has 1 aliphatic rings. The topological polar surface area (TPSA) is 42.3 Å². The van der Waals surface area contributed by atoms with E-state index in [1.165, 1.54) is 0 Å². The molecule has 136 valence electrons. The quantitative estimate of drug-likeness (QED) is 0.521. The molecule has 1 amide bonds. The van der Waals surface area contributed by atoms with E-state index in [2.05, 4.69) is 4.57 Å². The average molecular weight is 366 g/mol. The number of anilines is 2. The Morgan fingerprint density at radius 3 is 2.25 bits per heavy atom. The Morgan fingerprint density at radius 1 is 0.821 bits per heavy atom. The van der Waals surface area contributed by atoms with Crippen LogP contribution in [0, 0.1) is 0 Å². The van der Waals surface area contributed by atoms with Crippen molar-refractivity contribution in [3.8, 4) is 5.69 Å². The molecule has 0 saturated carbocycles. The molecule has 0 saturated heterocycles. The van der Waals surface area contributed by atoms with Crippen LogP contribution in [0.2, 0.25) is 0 Å². The second-order valence-electron chi connectivity index (χ2n) is 7.03. The highest BCUT2D eigenvalue weighted by Crippen LogP contribution is 2.41. The molecule has 1 aromatic heterocycles. The molecule has 0 spiro atoms. The van der Waals surface area contributed by atoms with Crippen LogP contribution >= 0.6 is 0 Å². The van der Waals surface area contributed by atoms with Crippen molar-refractivity contribution < 1.29 is 4.79 Å². The number of aromatic nitrogens is 1. The molecule has 1 aliphatic heterocycles. The first-order chi connectivity index (χ1) is 13.6. The number of benzene rings is 3. The van der Waals surface area contributed by atoms with Crippen LogP contribution in [0.4, 0.5) is 11.4 Å². The Hall–Kier alpha value is -3.66. The van der Waals surface area contributed by atoms with Crippen LogP contribution in [-0.4, -0.2) is 10.5 Å². The van der Waals surface area contributed by atoms with Gasteiger partial charge in [-0.25, -0.2) is 0 Å². The molecule has 0 unspecified atom stereocenters. The van der Waals surface area contributed by atoms with Crippen LogP contribution in [0.5, 0.6) is 0 Å². The second kappa shape index (κ2) is 6.20. The van der Waals surface area contributed by atoms with E-state index >= 15 is 0 Å². The summed E-state index contributed by atoms with van der Waals surface area (Å²) in [6, 6.07) is 23.4. The summed E-state index contributed by atoms with van der Waals surface area (Å²) in [5, 5.41) is 0.631. The molecule has 0 bridgehead atoms. The molecule has 4 aromatic rings. The summed E-state index contributed by atoms with van der Waals surface area (Å²) >= 11 is 0. The van der Waals surface area contributed by atoms with Gasteiger partial charge in [-0.3, -0.25) is 14.5 Å². The van der Waals surface area contributed by atoms with E-state index in [4.69, 9.17) is 0 Å². The highest BCUT2D eigenvalue weighted by Gasteiger charge is 2.27. The van der Waals surface area contributed by atoms with E-state index in [0.717, 1.165) is 33.7 Å². The Bertz CT molecular complexity index is 1290. The van der Waals surface area contributed by atoms with Crippen LogP contribution in [0.1, 0.15) is 18.1 Å². The van der Waals surface area contributed by atoms with Gasteiger partial charge in [-0.1, -0.05) is 48.5 Å². The summed E-state index contributed by atoms with van der Waals surface area (Å²) in [5.74, 6) is -0.0768. The van der Waals surface area contributed by atoms with Gasteiger partial charge >= 0.3 is 0 Å². The van der Waals surface area contributed by atoms with Crippen molar-refractivity contribution in [1.82, 2.24) is 4.57 Å². The highest BCUT2D eigenvalue weighted by molar-refractivity contribution is 6.10. The predicted molar refractivity (Wildman–Crippen MR) is 112 cm³/mol. The average Bonchev–Trinajstić information content (AvgIpc) is 2.72. The molecule has 4 nitrogen and oxygen atoms in total. The fourth-order valence-corrected chi connectivity index (χ4v) is 4.06. The minimum Gasteiger partial charge on any atom is -0.312 e. The van der Waals surface area contributed by atoms with Crippen molar-refractivity contribution in [2.75, 3.05) is 4.90 Å². The first-order valence-electron chi connectivity index (χ1n) is 9.26. The SMILES string of the molecule is CC(=O)N1c2ccccc2-n2cc(Cc3ccccc3)c(=O)c3cccc1c32. The van der Waals surface area contributed by atoms with Crippen molar-refractivity contribution >= 4 is 28.2 Å². The largest absolute Gasteiger partial charge is 0.312 e. The lowest BCUT2D eigenvalue weighted by Crippen LogP contribution is -2.29. The maximum absolute atomic E-state index is 13.2. The first-order valence-corrected chi connectivity index (χ1v) is 9.26. The fourth-order valence-electron chi connectivity index (χ4n) is 4.06. The monoisotopic (exact) mass is 366 g/mol. The molecule has 0 atom stereocenters. The van der Waals surface area contributed by atoms with Gasteiger partial charge < -0.3 is 4.57 Å². The van der Waals surface area contributed by atoms with Gasteiger partial charge in [0, 0.05) is 30.5 Å². The van der Waals surface area contributed by atoms with Gasteiger partial charge in [0.25, 0.3) is 0 Å². The van der Waals surface area contributed by atoms with Crippen LogP contribution in [0.25, 0.3) is 16.6 Å². The van der Waals surface area contributed by atoms with E-state index in [-0.39, 0.29) is 11.3 Å². The molecular formula is C24H18N2O2. The van der Waals surface area contributed by atoms with Crippen molar-refractivity contribution in [3.05, 3.63) is 100 Å². The van der Waals surface area contributed by atoms with Crippen molar-refractivity contribution in [2.24, 2.45) is 0 Å². The van der Waals surface area contributed by atoms with E-state index in [9.17, 15) is 9.59 Å². The molecule has 0 radical (unpaired) electrons. The molecular weight excluding hydrogens is 348 g/mol. The lowest BCUT2D eigenvalue weighted by molar-refractivity contribution is -0.115. The predicted octanol–water partition coefficient (Wildman–Crippen LogP) is 4.58. The zero-order valence-electron chi connectivity index (χ0n) is 15.4. The maximum atomic E-state index is 13.2. The molecule has 4 heteroatoms. The Morgan fingerprint density at radius 2 is 1.50 bits per heavy atom. The zero-order valence-corrected chi connectivity index (χ0v) is 15.4. The van der Waals surface area contributed by atoms with Gasteiger partial charge in [0.2, 0.25) is 5.91 Å². The third-order valence-corrected chi connectivity index (χ3v) is 5.25. The number of fused-ring (bicyclic) bond motifs is 2. The summed E-state index contributed by atoms with van der Waals surface area (Å²) < 4.78 is 2.05. The van der Waals surface area contributed by atoms with Crippen LogP contribution in [-0.2, 0) is 11.2 Å². The summed E-state index contributed by atoms with van der Waals surface area (Å²) in [7, 11) is 0. The van der Waals surface area contributed by atoms with Crippen molar-refractivity contribution in [1.29, 1.82) is 0 Å². The number of hydrogen-bond acceptors (Lipinski definition) is 2. The second-order valence-corrected chi connectivity index (χ2v) is 7.03. The summed E-state index contributed by atoms with van der Waals surface area (Å²) in [4.78, 5) is 27.4. The third kappa shape index (κ3) is 2.38. The number of para-hydroxylation sites is 3. The van der Waals surface area contributed by atoms with Gasteiger partial charge in [-0.15, -0.1) is 0 Å². The Kier molecular flexibility index (Phi) is 3.66. The third-order valence-electron chi connectivity index (χ3n) is 5.25. The normalized spacial score (nSPS) is 12.1. The summed E-state index contributed by atoms with van der Waals surface area (Å²) in [5.41, 5.74) is 5.09. The Labute approximate surface area is 162 Å².